The molecule has 2 aliphatic carbocycles. The molecule has 0 spiro atoms. The first-order chi connectivity index (χ1) is 13.3. The van der Waals surface area contributed by atoms with E-state index in [-0.39, 0.29) is 17.6 Å². The molecular formula is C19H22Cl2N2O5. The summed E-state index contributed by atoms with van der Waals surface area (Å²) in [6.45, 7) is 1.75. The normalized spacial score (nSPS) is 26.5. The van der Waals surface area contributed by atoms with E-state index in [2.05, 4.69) is 10.9 Å². The SMILES string of the molecule is CC[C@H](Oc1cc(Cl)ccc1Cl)C(=O)NNC(=O)[C@H]1[C@H]2CC[C@@H](C2)[C@H]1C(=O)O. The zero-order chi connectivity index (χ0) is 20.4. The van der Waals surface area contributed by atoms with Gasteiger partial charge in [-0.3, -0.25) is 25.2 Å². The molecule has 3 rings (SSSR count). The fraction of sp³-hybridized carbons (Fsp3) is 0.526. The number of fused-ring (bicyclic) bond motifs is 2. The molecule has 2 fully saturated rings. The molecule has 7 nitrogen and oxygen atoms in total. The second-order valence-corrected chi connectivity index (χ2v) is 8.13. The summed E-state index contributed by atoms with van der Waals surface area (Å²) in [6.07, 6.45) is 1.86. The molecule has 152 valence electrons. The van der Waals surface area contributed by atoms with E-state index in [0.29, 0.717) is 16.5 Å². The first-order valence-corrected chi connectivity index (χ1v) is 10.0. The first kappa shape index (κ1) is 20.7. The van der Waals surface area contributed by atoms with Gasteiger partial charge >= 0.3 is 5.97 Å². The Labute approximate surface area is 172 Å². The molecule has 5 atom stereocenters. The van der Waals surface area contributed by atoms with E-state index in [1.54, 1.807) is 19.1 Å². The van der Waals surface area contributed by atoms with Gasteiger partial charge in [0.1, 0.15) is 5.75 Å². The number of hydrogen-bond acceptors (Lipinski definition) is 4. The zero-order valence-electron chi connectivity index (χ0n) is 15.3. The maximum Gasteiger partial charge on any atom is 0.307 e. The van der Waals surface area contributed by atoms with E-state index in [1.807, 2.05) is 0 Å². The fourth-order valence-corrected chi connectivity index (χ4v) is 4.68. The molecule has 0 aliphatic heterocycles. The number of hydrogen-bond donors (Lipinski definition) is 3. The number of carbonyl (C=O) groups is 3. The monoisotopic (exact) mass is 428 g/mol. The fourth-order valence-electron chi connectivity index (χ4n) is 4.35. The molecule has 2 bridgehead atoms. The van der Waals surface area contributed by atoms with Crippen molar-refractivity contribution < 1.29 is 24.2 Å². The van der Waals surface area contributed by atoms with Gasteiger partial charge in [-0.25, -0.2) is 0 Å². The van der Waals surface area contributed by atoms with E-state index in [1.165, 1.54) is 6.07 Å². The van der Waals surface area contributed by atoms with E-state index in [4.69, 9.17) is 27.9 Å². The summed E-state index contributed by atoms with van der Waals surface area (Å²) in [7, 11) is 0. The van der Waals surface area contributed by atoms with Gasteiger partial charge in [0.2, 0.25) is 5.91 Å². The second kappa shape index (κ2) is 8.57. The lowest BCUT2D eigenvalue weighted by molar-refractivity contribution is -0.150. The van der Waals surface area contributed by atoms with Crippen LogP contribution in [0.1, 0.15) is 32.6 Å². The summed E-state index contributed by atoms with van der Waals surface area (Å²) in [6, 6.07) is 4.67. The Morgan fingerprint density at radius 2 is 1.86 bits per heavy atom. The van der Waals surface area contributed by atoms with Crippen LogP contribution in [0.5, 0.6) is 5.75 Å². The Morgan fingerprint density at radius 1 is 1.18 bits per heavy atom. The van der Waals surface area contributed by atoms with Crippen molar-refractivity contribution >= 4 is 41.0 Å². The molecule has 0 aromatic heterocycles. The van der Waals surface area contributed by atoms with Gasteiger partial charge in [-0.15, -0.1) is 0 Å². The van der Waals surface area contributed by atoms with Gasteiger partial charge in [0.25, 0.3) is 5.91 Å². The number of carboxylic acid groups (broad SMARTS) is 1. The number of hydrazine groups is 1. The Kier molecular flexibility index (Phi) is 6.35. The number of nitrogens with one attached hydrogen (secondary N) is 2. The molecule has 28 heavy (non-hydrogen) atoms. The average Bonchev–Trinajstić information content (AvgIpc) is 3.27. The average molecular weight is 429 g/mol. The highest BCUT2D eigenvalue weighted by atomic mass is 35.5. The topological polar surface area (TPSA) is 105 Å². The highest BCUT2D eigenvalue weighted by Gasteiger charge is 2.54. The molecule has 2 amide bonds. The van der Waals surface area contributed by atoms with Crippen molar-refractivity contribution in [3.8, 4) is 5.75 Å². The predicted octanol–water partition coefficient (Wildman–Crippen LogP) is 3.05. The largest absolute Gasteiger partial charge is 0.481 e. The summed E-state index contributed by atoms with van der Waals surface area (Å²) < 4.78 is 5.63. The molecule has 3 N–H and O–H groups in total. The third kappa shape index (κ3) is 4.20. The van der Waals surface area contributed by atoms with Crippen LogP contribution in [0.15, 0.2) is 18.2 Å². The van der Waals surface area contributed by atoms with Crippen LogP contribution in [-0.4, -0.2) is 29.0 Å². The molecular weight excluding hydrogens is 407 g/mol. The maximum atomic E-state index is 12.6. The number of benzene rings is 1. The predicted molar refractivity (Wildman–Crippen MR) is 103 cm³/mol. The van der Waals surface area contributed by atoms with Crippen LogP contribution in [0.4, 0.5) is 0 Å². The van der Waals surface area contributed by atoms with Crippen LogP contribution in [0.2, 0.25) is 10.0 Å². The Balaban J connectivity index is 1.60. The number of carboxylic acids is 1. The highest BCUT2D eigenvalue weighted by molar-refractivity contribution is 6.34. The van der Waals surface area contributed by atoms with Gasteiger partial charge in [0, 0.05) is 11.1 Å². The van der Waals surface area contributed by atoms with Crippen molar-refractivity contribution in [1.29, 1.82) is 0 Å². The van der Waals surface area contributed by atoms with Crippen LogP contribution < -0.4 is 15.6 Å². The number of halogens is 2. The van der Waals surface area contributed by atoms with Crippen molar-refractivity contribution in [3.05, 3.63) is 28.2 Å². The highest BCUT2D eigenvalue weighted by Crippen LogP contribution is 2.52. The lowest BCUT2D eigenvalue weighted by atomic mass is 9.79. The van der Waals surface area contributed by atoms with Crippen LogP contribution in [0.3, 0.4) is 0 Å². The van der Waals surface area contributed by atoms with Crippen LogP contribution in [-0.2, 0) is 14.4 Å². The minimum absolute atomic E-state index is 0.0330. The first-order valence-electron chi connectivity index (χ1n) is 9.26. The molecule has 0 radical (unpaired) electrons. The maximum absolute atomic E-state index is 12.6. The van der Waals surface area contributed by atoms with Gasteiger partial charge < -0.3 is 9.84 Å². The molecule has 0 saturated heterocycles. The molecule has 1 aromatic rings. The minimum atomic E-state index is -0.955. The zero-order valence-corrected chi connectivity index (χ0v) is 16.8. The Hall–Kier alpha value is -1.99. The van der Waals surface area contributed by atoms with Gasteiger partial charge in [-0.05, 0) is 49.7 Å². The summed E-state index contributed by atoms with van der Waals surface area (Å²) >= 11 is 12.0. The second-order valence-electron chi connectivity index (χ2n) is 7.29. The van der Waals surface area contributed by atoms with Gasteiger partial charge in [-0.2, -0.15) is 0 Å². The molecule has 2 saturated carbocycles. The van der Waals surface area contributed by atoms with Crippen molar-refractivity contribution in [2.45, 2.75) is 38.7 Å². The lowest BCUT2D eigenvalue weighted by Crippen LogP contribution is -2.52. The smallest absolute Gasteiger partial charge is 0.307 e. The molecule has 2 aliphatic rings. The molecule has 0 heterocycles. The van der Waals surface area contributed by atoms with Gasteiger partial charge in [0.15, 0.2) is 6.10 Å². The number of rotatable bonds is 6. The van der Waals surface area contributed by atoms with E-state index < -0.39 is 35.7 Å². The van der Waals surface area contributed by atoms with E-state index in [0.717, 1.165) is 19.3 Å². The molecule has 1 aromatic carbocycles. The van der Waals surface area contributed by atoms with Crippen molar-refractivity contribution in [2.75, 3.05) is 0 Å². The van der Waals surface area contributed by atoms with E-state index in [9.17, 15) is 19.5 Å². The lowest BCUT2D eigenvalue weighted by Gasteiger charge is -2.27. The number of amides is 2. The quantitative estimate of drug-likeness (QED) is 0.603. The number of carbonyl (C=O) groups excluding carboxylic acids is 2. The number of aliphatic carboxylic acids is 1. The van der Waals surface area contributed by atoms with Gasteiger partial charge in [-0.1, -0.05) is 30.1 Å². The summed E-state index contributed by atoms with van der Waals surface area (Å²) in [5.41, 5.74) is 4.73. The van der Waals surface area contributed by atoms with Crippen LogP contribution >= 0.6 is 23.2 Å². The number of ether oxygens (including phenoxy) is 1. The third-order valence-corrected chi connectivity index (χ3v) is 6.19. The minimum Gasteiger partial charge on any atom is -0.481 e. The summed E-state index contributed by atoms with van der Waals surface area (Å²) in [5.74, 6) is -2.95. The van der Waals surface area contributed by atoms with Crippen LogP contribution in [0.25, 0.3) is 0 Å². The summed E-state index contributed by atoms with van der Waals surface area (Å²) in [5, 5.41) is 10.2. The third-order valence-electron chi connectivity index (χ3n) is 5.64. The Bertz CT molecular complexity index is 788. The van der Waals surface area contributed by atoms with Crippen molar-refractivity contribution in [3.63, 3.8) is 0 Å². The Morgan fingerprint density at radius 3 is 2.50 bits per heavy atom. The molecule has 0 unspecified atom stereocenters. The standard InChI is InChI=1S/C19H22Cl2N2O5/c1-2-13(28-14-8-11(20)5-6-12(14)21)17(24)22-23-18(25)15-9-3-4-10(7-9)16(15)19(26)27/h5-6,8-10,13,15-16H,2-4,7H2,1H3,(H,22,24)(H,23,25)(H,26,27)/t9-,10-,13-,15-,16+/m0/s1. The van der Waals surface area contributed by atoms with Gasteiger partial charge in [0.05, 0.1) is 16.9 Å². The molecule has 9 heteroatoms. The van der Waals surface area contributed by atoms with Crippen molar-refractivity contribution in [2.24, 2.45) is 23.7 Å². The van der Waals surface area contributed by atoms with Crippen LogP contribution in [0, 0.1) is 23.7 Å². The van der Waals surface area contributed by atoms with Crippen molar-refractivity contribution in [1.82, 2.24) is 10.9 Å². The van der Waals surface area contributed by atoms with E-state index >= 15 is 0 Å². The summed E-state index contributed by atoms with van der Waals surface area (Å²) in [4.78, 5) is 36.5.